The quantitative estimate of drug-likeness (QED) is 0.118. The van der Waals surface area contributed by atoms with Crippen LogP contribution < -0.4 is 0 Å². The van der Waals surface area contributed by atoms with Crippen molar-refractivity contribution >= 4 is 0 Å². The topological polar surface area (TPSA) is 43.7 Å². The second-order valence-corrected chi connectivity index (χ2v) is 14.2. The molecule has 46 heavy (non-hydrogen) atoms. The fourth-order valence-corrected chi connectivity index (χ4v) is 8.53. The van der Waals surface area contributed by atoms with Gasteiger partial charge in [-0.2, -0.15) is 39.5 Å². The van der Waals surface area contributed by atoms with Crippen LogP contribution in [0.2, 0.25) is 0 Å². The molecule has 262 valence electrons. The number of nitrogens with zero attached hydrogens (tertiary/aromatic N) is 1. The minimum atomic E-state index is -6.83. The van der Waals surface area contributed by atoms with Crippen molar-refractivity contribution in [3.05, 3.63) is 41.5 Å². The average Bonchev–Trinajstić information content (AvgIpc) is 3.19. The summed E-state index contributed by atoms with van der Waals surface area (Å²) >= 11 is 0. The van der Waals surface area contributed by atoms with E-state index in [1.807, 2.05) is 18.0 Å². The minimum Gasteiger partial charge on any atom is -0.508 e. The molecule has 3 aliphatic carbocycles. The van der Waals surface area contributed by atoms with Crippen molar-refractivity contribution in [2.75, 3.05) is 20.1 Å². The van der Waals surface area contributed by atoms with Gasteiger partial charge in [0.1, 0.15) is 5.75 Å². The Bertz CT molecular complexity index is 1220. The number of aliphatic hydroxyl groups is 1. The average molecular weight is 672 g/mol. The molecule has 0 bridgehead atoms. The van der Waals surface area contributed by atoms with Gasteiger partial charge in [0.05, 0.1) is 6.10 Å². The van der Waals surface area contributed by atoms with Crippen LogP contribution in [0.1, 0.15) is 94.6 Å². The molecule has 0 unspecified atom stereocenters. The summed E-state index contributed by atoms with van der Waals surface area (Å²) in [5, 5.41) is 20.9. The maximum Gasteiger partial charge on any atom is 0.460 e. The number of aliphatic hydroxyl groups excluding tert-OH is 1. The molecule has 0 amide bonds. The van der Waals surface area contributed by atoms with Crippen molar-refractivity contribution < 1.29 is 49.7 Å². The number of aromatic hydroxyl groups is 1. The highest BCUT2D eigenvalue weighted by Crippen LogP contribution is 2.64. The van der Waals surface area contributed by atoms with E-state index in [-0.39, 0.29) is 17.6 Å². The number of phenols is 1. The molecule has 1 aromatic rings. The van der Waals surface area contributed by atoms with Crippen LogP contribution in [-0.4, -0.2) is 65.3 Å². The van der Waals surface area contributed by atoms with E-state index in [1.54, 1.807) is 6.07 Å². The number of hydrogen-bond acceptors (Lipinski definition) is 3. The van der Waals surface area contributed by atoms with Crippen LogP contribution in [0.25, 0.3) is 0 Å². The van der Waals surface area contributed by atoms with Crippen LogP contribution in [0, 0.1) is 23.2 Å². The van der Waals surface area contributed by atoms with Crippen LogP contribution in [-0.2, 0) is 6.42 Å². The third-order valence-corrected chi connectivity index (χ3v) is 11.2. The second-order valence-electron chi connectivity index (χ2n) is 14.2. The standard InChI is InChI=1S/C34H46F9NO2/c1-21-28(46)20-27-29-22(18-23-19-24(45)11-12-25(23)26(29)13-15-30(21,27)2)10-6-4-8-16-44(3)17-9-5-7-14-31(35,36)32(37,38)33(39,40)34(41,42)43/h11-12,19,22,26-29,45-46H,1,4-10,13-18,20H2,2-3H3/t22-,26-,27+,28-,29-,30-/m1/s1. The maximum absolute atomic E-state index is 13.7. The van der Waals surface area contributed by atoms with Gasteiger partial charge in [-0.15, -0.1) is 0 Å². The Hall–Kier alpha value is -1.95. The molecule has 1 aromatic carbocycles. The first-order chi connectivity index (χ1) is 21.2. The lowest BCUT2D eigenvalue weighted by Crippen LogP contribution is -2.60. The Morgan fingerprint density at radius 3 is 2.17 bits per heavy atom. The van der Waals surface area contributed by atoms with Crippen LogP contribution in [0.4, 0.5) is 39.5 Å². The molecule has 2 fully saturated rings. The molecule has 0 spiro atoms. The molecule has 3 nitrogen and oxygen atoms in total. The van der Waals surface area contributed by atoms with E-state index in [9.17, 15) is 49.7 Å². The number of alkyl halides is 9. The predicted molar refractivity (Wildman–Crippen MR) is 157 cm³/mol. The largest absolute Gasteiger partial charge is 0.508 e. The summed E-state index contributed by atoms with van der Waals surface area (Å²) in [5.41, 5.74) is 3.37. The second kappa shape index (κ2) is 13.5. The molecule has 0 radical (unpaired) electrons. The van der Waals surface area contributed by atoms with Crippen LogP contribution >= 0.6 is 0 Å². The zero-order valence-electron chi connectivity index (χ0n) is 26.5. The fourth-order valence-electron chi connectivity index (χ4n) is 8.53. The molecule has 4 rings (SSSR count). The van der Waals surface area contributed by atoms with E-state index < -0.39 is 42.9 Å². The molecule has 0 aliphatic heterocycles. The van der Waals surface area contributed by atoms with E-state index in [0.717, 1.165) is 56.9 Å². The van der Waals surface area contributed by atoms with Crippen molar-refractivity contribution in [3.8, 4) is 5.75 Å². The van der Waals surface area contributed by atoms with Crippen molar-refractivity contribution in [2.45, 2.75) is 120 Å². The van der Waals surface area contributed by atoms with Crippen LogP contribution in [0.5, 0.6) is 5.75 Å². The molecular weight excluding hydrogens is 625 g/mol. The molecule has 0 heterocycles. The summed E-state index contributed by atoms with van der Waals surface area (Å²) in [6, 6.07) is 5.70. The van der Waals surface area contributed by atoms with Crippen LogP contribution in [0.3, 0.4) is 0 Å². The molecular formula is C34H46F9NO2. The van der Waals surface area contributed by atoms with Crippen molar-refractivity contribution in [2.24, 2.45) is 23.2 Å². The first-order valence-electron chi connectivity index (χ1n) is 16.3. The summed E-state index contributed by atoms with van der Waals surface area (Å²) in [7, 11) is 1.82. The van der Waals surface area contributed by atoms with E-state index in [1.165, 1.54) is 11.1 Å². The number of fused-ring (bicyclic) bond motifs is 5. The number of hydrogen-bond donors (Lipinski definition) is 2. The van der Waals surface area contributed by atoms with Crippen molar-refractivity contribution in [1.29, 1.82) is 0 Å². The molecule has 0 saturated heterocycles. The van der Waals surface area contributed by atoms with Gasteiger partial charge in [-0.1, -0.05) is 38.8 Å². The Morgan fingerprint density at radius 1 is 0.913 bits per heavy atom. The highest BCUT2D eigenvalue weighted by Gasteiger charge is 2.81. The lowest BCUT2D eigenvalue weighted by Gasteiger charge is -2.52. The van der Waals surface area contributed by atoms with Gasteiger partial charge in [0.25, 0.3) is 0 Å². The number of unbranched alkanes of at least 4 members (excludes halogenated alkanes) is 4. The van der Waals surface area contributed by atoms with Gasteiger partial charge in [0, 0.05) is 6.42 Å². The summed E-state index contributed by atoms with van der Waals surface area (Å²) in [5.74, 6) is -17.1. The van der Waals surface area contributed by atoms with Gasteiger partial charge in [0.2, 0.25) is 0 Å². The van der Waals surface area contributed by atoms with E-state index in [0.29, 0.717) is 43.2 Å². The molecule has 2 N–H and O–H groups in total. The van der Waals surface area contributed by atoms with Gasteiger partial charge < -0.3 is 15.1 Å². The normalized spacial score (nSPS) is 28.7. The van der Waals surface area contributed by atoms with Gasteiger partial charge >= 0.3 is 23.9 Å². The fraction of sp³-hybridized carbons (Fsp3) is 0.765. The van der Waals surface area contributed by atoms with Gasteiger partial charge in [0.15, 0.2) is 0 Å². The number of benzene rings is 1. The summed E-state index contributed by atoms with van der Waals surface area (Å²) in [6.07, 6.45) is -1.97. The zero-order chi connectivity index (χ0) is 34.3. The van der Waals surface area contributed by atoms with E-state index >= 15 is 0 Å². The highest BCUT2D eigenvalue weighted by molar-refractivity contribution is 5.41. The third-order valence-electron chi connectivity index (χ3n) is 11.2. The maximum atomic E-state index is 13.7. The molecule has 3 aliphatic rings. The van der Waals surface area contributed by atoms with Gasteiger partial charge in [-0.05, 0) is 129 Å². The van der Waals surface area contributed by atoms with Crippen LogP contribution in [0.15, 0.2) is 30.4 Å². The summed E-state index contributed by atoms with van der Waals surface area (Å²) in [6.45, 7) is 7.66. The lowest BCUT2D eigenvalue weighted by atomic mass is 9.52. The summed E-state index contributed by atoms with van der Waals surface area (Å²) < 4.78 is 117. The Labute approximate surface area is 265 Å². The predicted octanol–water partition coefficient (Wildman–Crippen LogP) is 9.52. The Kier molecular flexibility index (Phi) is 10.8. The zero-order valence-corrected chi connectivity index (χ0v) is 26.5. The molecule has 6 atom stereocenters. The number of halogens is 9. The third kappa shape index (κ3) is 6.94. The van der Waals surface area contributed by atoms with Gasteiger partial charge in [-0.25, -0.2) is 0 Å². The first-order valence-corrected chi connectivity index (χ1v) is 16.3. The minimum absolute atomic E-state index is 0.0178. The lowest BCUT2D eigenvalue weighted by molar-refractivity contribution is -0.396. The van der Waals surface area contributed by atoms with Gasteiger partial charge in [-0.3, -0.25) is 0 Å². The highest BCUT2D eigenvalue weighted by atomic mass is 19.4. The smallest absolute Gasteiger partial charge is 0.460 e. The SMILES string of the molecule is C=C1[C@H](O)C[C@H]2[C@@H]3[C@H](CCCCCN(C)CCCCCC(F)(F)C(F)(F)C(F)(F)C(F)(F)F)Cc4cc(O)ccc4[C@H]3CC[C@]12C. The number of phenolic OH excluding ortho intramolecular Hbond substituents is 1. The molecule has 0 aromatic heterocycles. The van der Waals surface area contributed by atoms with E-state index in [4.69, 9.17) is 0 Å². The summed E-state index contributed by atoms with van der Waals surface area (Å²) in [4.78, 5) is 1.96. The van der Waals surface area contributed by atoms with Crippen molar-refractivity contribution in [1.82, 2.24) is 4.90 Å². The first kappa shape index (κ1) is 36.9. The Balaban J connectivity index is 1.22. The Morgan fingerprint density at radius 2 is 1.54 bits per heavy atom. The monoisotopic (exact) mass is 671 g/mol. The molecule has 2 saturated carbocycles. The number of rotatable bonds is 14. The van der Waals surface area contributed by atoms with E-state index in [2.05, 4.69) is 19.6 Å². The molecule has 12 heteroatoms. The van der Waals surface area contributed by atoms with Crippen molar-refractivity contribution in [3.63, 3.8) is 0 Å².